The van der Waals surface area contributed by atoms with Gasteiger partial charge in [-0.25, -0.2) is 9.07 Å². The van der Waals surface area contributed by atoms with Gasteiger partial charge in [0.15, 0.2) is 0 Å². The molecule has 140 valence electrons. The number of likely N-dealkylation sites (tertiary alicyclic amines) is 1. The van der Waals surface area contributed by atoms with E-state index >= 15 is 0 Å². The third-order valence-corrected chi connectivity index (χ3v) is 5.20. The largest absolute Gasteiger partial charge is 0.342 e. The third kappa shape index (κ3) is 3.96. The van der Waals surface area contributed by atoms with Crippen molar-refractivity contribution in [1.82, 2.24) is 20.0 Å². The first-order valence-corrected chi connectivity index (χ1v) is 9.23. The van der Waals surface area contributed by atoms with Crippen LogP contribution in [-0.2, 0) is 11.2 Å². The van der Waals surface area contributed by atoms with Crippen molar-refractivity contribution < 1.29 is 9.18 Å². The molecule has 3 rings (SSSR count). The lowest BCUT2D eigenvalue weighted by atomic mass is 9.97. The van der Waals surface area contributed by atoms with E-state index in [4.69, 9.17) is 0 Å². The average Bonchev–Trinajstić information content (AvgIpc) is 2.91. The molecule has 1 N–H and O–H groups in total. The highest BCUT2D eigenvalue weighted by atomic mass is 19.1. The van der Waals surface area contributed by atoms with Crippen LogP contribution in [0.2, 0.25) is 0 Å². The van der Waals surface area contributed by atoms with Crippen molar-refractivity contribution in [2.45, 2.75) is 33.1 Å². The van der Waals surface area contributed by atoms with Gasteiger partial charge in [-0.3, -0.25) is 4.79 Å². The second-order valence-corrected chi connectivity index (χ2v) is 7.12. The number of carbonyl (C=O) groups excluding carboxylic acids is 1. The van der Waals surface area contributed by atoms with Gasteiger partial charge in [-0.2, -0.15) is 5.10 Å². The van der Waals surface area contributed by atoms with Gasteiger partial charge >= 0.3 is 0 Å². The highest BCUT2D eigenvalue weighted by Crippen LogP contribution is 2.21. The summed E-state index contributed by atoms with van der Waals surface area (Å²) in [6, 6.07) is 6.25. The molecule has 1 aliphatic rings. The number of rotatable bonds is 5. The minimum absolute atomic E-state index is 0.163. The molecule has 1 amide bonds. The van der Waals surface area contributed by atoms with Crippen LogP contribution in [0.25, 0.3) is 5.69 Å². The zero-order valence-electron chi connectivity index (χ0n) is 15.8. The lowest BCUT2D eigenvalue weighted by Gasteiger charge is -2.32. The molecule has 2 aromatic rings. The molecule has 0 radical (unpaired) electrons. The first-order valence-electron chi connectivity index (χ1n) is 9.23. The molecule has 0 spiro atoms. The number of nitrogens with zero attached hydrogens (tertiary/aromatic N) is 3. The first kappa shape index (κ1) is 18.6. The van der Waals surface area contributed by atoms with Crippen LogP contribution in [0.4, 0.5) is 4.39 Å². The van der Waals surface area contributed by atoms with Gasteiger partial charge in [0.1, 0.15) is 5.82 Å². The highest BCUT2D eigenvalue weighted by Gasteiger charge is 2.25. The Bertz CT molecular complexity index is 767. The lowest BCUT2D eigenvalue weighted by Crippen LogP contribution is -2.43. The Hall–Kier alpha value is -2.21. The predicted molar refractivity (Wildman–Crippen MR) is 99.9 cm³/mol. The molecule has 6 heteroatoms. The summed E-state index contributed by atoms with van der Waals surface area (Å²) in [5.74, 6) is 0.421. The summed E-state index contributed by atoms with van der Waals surface area (Å²) in [5.41, 5.74) is 3.56. The SMILES string of the molecule is CNCC1CCCN(C(=O)Cc2c(C)nn(-c3ccc(F)cc3)c2C)C1. The van der Waals surface area contributed by atoms with Crippen molar-refractivity contribution in [3.05, 3.63) is 47.0 Å². The zero-order chi connectivity index (χ0) is 18.7. The van der Waals surface area contributed by atoms with E-state index in [1.807, 2.05) is 25.8 Å². The van der Waals surface area contributed by atoms with Gasteiger partial charge in [-0.15, -0.1) is 0 Å². The van der Waals surface area contributed by atoms with E-state index in [1.165, 1.54) is 18.6 Å². The molecule has 0 bridgehead atoms. The van der Waals surface area contributed by atoms with Gasteiger partial charge in [0, 0.05) is 24.3 Å². The maximum absolute atomic E-state index is 13.2. The van der Waals surface area contributed by atoms with Crippen molar-refractivity contribution >= 4 is 5.91 Å². The van der Waals surface area contributed by atoms with Crippen LogP contribution < -0.4 is 5.32 Å². The Balaban J connectivity index is 1.75. The summed E-state index contributed by atoms with van der Waals surface area (Å²) in [5, 5.41) is 7.78. The minimum atomic E-state index is -0.271. The molecule has 1 unspecified atom stereocenters. The summed E-state index contributed by atoms with van der Waals surface area (Å²) in [6.45, 7) is 6.50. The van der Waals surface area contributed by atoms with Crippen molar-refractivity contribution in [3.8, 4) is 5.69 Å². The summed E-state index contributed by atoms with van der Waals surface area (Å²) in [6.07, 6.45) is 2.60. The van der Waals surface area contributed by atoms with Crippen LogP contribution in [-0.4, -0.2) is 47.3 Å². The normalized spacial score (nSPS) is 17.5. The van der Waals surface area contributed by atoms with E-state index in [0.717, 1.165) is 48.7 Å². The van der Waals surface area contributed by atoms with Crippen LogP contribution in [0.15, 0.2) is 24.3 Å². The number of halogens is 1. The van der Waals surface area contributed by atoms with Crippen LogP contribution in [0.5, 0.6) is 0 Å². The number of carbonyl (C=O) groups is 1. The monoisotopic (exact) mass is 358 g/mol. The van der Waals surface area contributed by atoms with E-state index in [1.54, 1.807) is 16.8 Å². The van der Waals surface area contributed by atoms with Crippen LogP contribution >= 0.6 is 0 Å². The number of piperidine rings is 1. The third-order valence-electron chi connectivity index (χ3n) is 5.20. The van der Waals surface area contributed by atoms with Gasteiger partial charge < -0.3 is 10.2 Å². The maximum Gasteiger partial charge on any atom is 0.227 e. The standard InChI is InChI=1S/C20H27FN4O/c1-14-19(11-20(26)24-10-4-5-16(13-24)12-22-3)15(2)25(23-14)18-8-6-17(21)7-9-18/h6-9,16,22H,4-5,10-13H2,1-3H3. The Morgan fingerprint density at radius 1 is 1.31 bits per heavy atom. The topological polar surface area (TPSA) is 50.2 Å². The number of hydrogen-bond donors (Lipinski definition) is 1. The lowest BCUT2D eigenvalue weighted by molar-refractivity contribution is -0.132. The number of aromatic nitrogens is 2. The molecule has 0 saturated carbocycles. The Labute approximate surface area is 154 Å². The smallest absolute Gasteiger partial charge is 0.227 e. The summed E-state index contributed by atoms with van der Waals surface area (Å²) >= 11 is 0. The molecule has 0 aliphatic carbocycles. The van der Waals surface area contributed by atoms with Gasteiger partial charge in [0.05, 0.1) is 17.8 Å². The number of amides is 1. The molecular weight excluding hydrogens is 331 g/mol. The summed E-state index contributed by atoms with van der Waals surface area (Å²) in [4.78, 5) is 14.8. The van der Waals surface area contributed by atoms with Gasteiger partial charge in [-0.1, -0.05) is 0 Å². The van der Waals surface area contributed by atoms with Gasteiger partial charge in [-0.05, 0) is 70.5 Å². The van der Waals surface area contributed by atoms with Crippen LogP contribution in [0.3, 0.4) is 0 Å². The number of hydrogen-bond acceptors (Lipinski definition) is 3. The van der Waals surface area contributed by atoms with Gasteiger partial charge in [0.25, 0.3) is 0 Å². The second kappa shape index (κ2) is 7.99. The maximum atomic E-state index is 13.2. The fourth-order valence-corrected chi connectivity index (χ4v) is 3.77. The molecular formula is C20H27FN4O. The van der Waals surface area contributed by atoms with E-state index in [2.05, 4.69) is 10.4 Å². The Morgan fingerprint density at radius 2 is 2.04 bits per heavy atom. The quantitative estimate of drug-likeness (QED) is 0.894. The number of nitrogens with one attached hydrogen (secondary N) is 1. The van der Waals surface area contributed by atoms with Crippen molar-refractivity contribution in [2.24, 2.45) is 5.92 Å². The molecule has 1 atom stereocenters. The fraction of sp³-hybridized carbons (Fsp3) is 0.500. The average molecular weight is 358 g/mol. The molecule has 5 nitrogen and oxygen atoms in total. The predicted octanol–water partition coefficient (Wildman–Crippen LogP) is 2.63. The molecule has 2 heterocycles. The van der Waals surface area contributed by atoms with Crippen molar-refractivity contribution in [3.63, 3.8) is 0 Å². The van der Waals surface area contributed by atoms with Gasteiger partial charge in [0.2, 0.25) is 5.91 Å². The second-order valence-electron chi connectivity index (χ2n) is 7.12. The molecule has 1 aromatic carbocycles. The fourth-order valence-electron chi connectivity index (χ4n) is 3.77. The summed E-state index contributed by atoms with van der Waals surface area (Å²) < 4.78 is 15.0. The Kier molecular flexibility index (Phi) is 5.71. The first-order chi connectivity index (χ1) is 12.5. The molecule has 1 fully saturated rings. The van der Waals surface area contributed by atoms with E-state index < -0.39 is 0 Å². The van der Waals surface area contributed by atoms with E-state index in [0.29, 0.717) is 12.3 Å². The highest BCUT2D eigenvalue weighted by molar-refractivity contribution is 5.79. The van der Waals surface area contributed by atoms with E-state index in [9.17, 15) is 9.18 Å². The van der Waals surface area contributed by atoms with E-state index in [-0.39, 0.29) is 11.7 Å². The van der Waals surface area contributed by atoms with Crippen molar-refractivity contribution in [1.29, 1.82) is 0 Å². The van der Waals surface area contributed by atoms with Crippen molar-refractivity contribution in [2.75, 3.05) is 26.7 Å². The van der Waals surface area contributed by atoms with Crippen LogP contribution in [0, 0.1) is 25.6 Å². The molecule has 1 saturated heterocycles. The molecule has 1 aromatic heterocycles. The molecule has 1 aliphatic heterocycles. The number of aryl methyl sites for hydroxylation is 1. The zero-order valence-corrected chi connectivity index (χ0v) is 15.8. The molecule has 26 heavy (non-hydrogen) atoms. The summed E-state index contributed by atoms with van der Waals surface area (Å²) in [7, 11) is 1.96. The minimum Gasteiger partial charge on any atom is -0.342 e. The number of benzene rings is 1. The van der Waals surface area contributed by atoms with Crippen LogP contribution in [0.1, 0.15) is 29.8 Å². The Morgan fingerprint density at radius 3 is 2.73 bits per heavy atom.